The first kappa shape index (κ1) is 7.08. The van der Waals surface area contributed by atoms with Crippen molar-refractivity contribution < 1.29 is 5.11 Å². The SMILES string of the molecule is CNCCc1ncc(O)[nH]1. The van der Waals surface area contributed by atoms with Crippen molar-refractivity contribution >= 4 is 0 Å². The van der Waals surface area contributed by atoms with Crippen LogP contribution in [0.1, 0.15) is 5.82 Å². The van der Waals surface area contributed by atoms with E-state index in [4.69, 9.17) is 5.11 Å². The first-order valence-corrected chi connectivity index (χ1v) is 3.20. The number of H-pyrrole nitrogens is 1. The molecular weight excluding hydrogens is 130 g/mol. The predicted molar refractivity (Wildman–Crippen MR) is 37.9 cm³/mol. The number of hydrogen-bond donors (Lipinski definition) is 3. The molecule has 0 aliphatic heterocycles. The van der Waals surface area contributed by atoms with Crippen LogP contribution in [0.2, 0.25) is 0 Å². The second kappa shape index (κ2) is 3.22. The summed E-state index contributed by atoms with van der Waals surface area (Å²) in [6.45, 7) is 0.868. The van der Waals surface area contributed by atoms with Gasteiger partial charge in [-0.05, 0) is 7.05 Å². The van der Waals surface area contributed by atoms with Crippen LogP contribution < -0.4 is 5.32 Å². The van der Waals surface area contributed by atoms with Crippen molar-refractivity contribution in [1.82, 2.24) is 15.3 Å². The van der Waals surface area contributed by atoms with Gasteiger partial charge in [0.1, 0.15) is 5.82 Å². The van der Waals surface area contributed by atoms with Gasteiger partial charge in [0.25, 0.3) is 0 Å². The Balaban J connectivity index is 2.42. The number of aromatic hydroxyl groups is 1. The van der Waals surface area contributed by atoms with Gasteiger partial charge in [-0.2, -0.15) is 0 Å². The predicted octanol–water partition coefficient (Wildman–Crippen LogP) is -0.123. The van der Waals surface area contributed by atoms with Gasteiger partial charge in [0, 0.05) is 13.0 Å². The highest BCUT2D eigenvalue weighted by Crippen LogP contribution is 2.02. The summed E-state index contributed by atoms with van der Waals surface area (Å²) in [7, 11) is 1.88. The number of imidazole rings is 1. The maximum absolute atomic E-state index is 8.81. The second-order valence-corrected chi connectivity index (χ2v) is 2.07. The van der Waals surface area contributed by atoms with E-state index in [-0.39, 0.29) is 5.88 Å². The molecule has 3 N–H and O–H groups in total. The van der Waals surface area contributed by atoms with Crippen LogP contribution in [0.4, 0.5) is 0 Å². The van der Waals surface area contributed by atoms with Crippen LogP contribution in [-0.2, 0) is 6.42 Å². The van der Waals surface area contributed by atoms with E-state index in [1.807, 2.05) is 7.05 Å². The van der Waals surface area contributed by atoms with E-state index in [0.29, 0.717) is 0 Å². The van der Waals surface area contributed by atoms with Crippen LogP contribution in [0.5, 0.6) is 5.88 Å². The van der Waals surface area contributed by atoms with Crippen molar-refractivity contribution in [3.63, 3.8) is 0 Å². The second-order valence-electron chi connectivity index (χ2n) is 2.07. The molecule has 0 amide bonds. The van der Waals surface area contributed by atoms with Crippen LogP contribution in [0.25, 0.3) is 0 Å². The van der Waals surface area contributed by atoms with Gasteiger partial charge in [0.15, 0.2) is 0 Å². The molecule has 0 unspecified atom stereocenters. The molecule has 0 saturated carbocycles. The lowest BCUT2D eigenvalue weighted by Crippen LogP contribution is -2.10. The molecular formula is C6H11N3O. The van der Waals surface area contributed by atoms with Gasteiger partial charge in [0.05, 0.1) is 6.20 Å². The van der Waals surface area contributed by atoms with Crippen LogP contribution in [0.15, 0.2) is 6.20 Å². The topological polar surface area (TPSA) is 60.9 Å². The highest BCUT2D eigenvalue weighted by molar-refractivity contribution is 5.04. The molecule has 10 heavy (non-hydrogen) atoms. The van der Waals surface area contributed by atoms with Crippen LogP contribution >= 0.6 is 0 Å². The summed E-state index contributed by atoms with van der Waals surface area (Å²) in [5.74, 6) is 0.943. The number of rotatable bonds is 3. The third kappa shape index (κ3) is 1.73. The zero-order valence-electron chi connectivity index (χ0n) is 5.89. The Morgan fingerprint density at radius 2 is 2.60 bits per heavy atom. The Morgan fingerprint density at radius 1 is 1.80 bits per heavy atom. The minimum Gasteiger partial charge on any atom is -0.493 e. The minimum atomic E-state index is 0.131. The molecule has 1 aromatic heterocycles. The van der Waals surface area contributed by atoms with Gasteiger partial charge < -0.3 is 15.4 Å². The van der Waals surface area contributed by atoms with E-state index in [1.165, 1.54) is 6.20 Å². The van der Waals surface area contributed by atoms with Crippen molar-refractivity contribution in [3.05, 3.63) is 12.0 Å². The summed E-state index contributed by atoms with van der Waals surface area (Å²) in [5, 5.41) is 11.8. The smallest absolute Gasteiger partial charge is 0.208 e. The Labute approximate surface area is 59.3 Å². The molecule has 0 aliphatic rings. The quantitative estimate of drug-likeness (QED) is 0.550. The van der Waals surface area contributed by atoms with Gasteiger partial charge in [-0.25, -0.2) is 4.98 Å². The van der Waals surface area contributed by atoms with Crippen molar-refractivity contribution in [2.75, 3.05) is 13.6 Å². The fourth-order valence-corrected chi connectivity index (χ4v) is 0.722. The van der Waals surface area contributed by atoms with E-state index < -0.39 is 0 Å². The summed E-state index contributed by atoms with van der Waals surface area (Å²) in [5.41, 5.74) is 0. The maximum Gasteiger partial charge on any atom is 0.208 e. The summed E-state index contributed by atoms with van der Waals surface area (Å²) < 4.78 is 0. The fraction of sp³-hybridized carbons (Fsp3) is 0.500. The third-order valence-electron chi connectivity index (χ3n) is 1.23. The molecule has 0 bridgehead atoms. The van der Waals surface area contributed by atoms with E-state index in [0.717, 1.165) is 18.8 Å². The van der Waals surface area contributed by atoms with Crippen molar-refractivity contribution in [1.29, 1.82) is 0 Å². The first-order valence-electron chi connectivity index (χ1n) is 3.20. The molecule has 1 heterocycles. The van der Waals surface area contributed by atoms with Crippen molar-refractivity contribution in [3.8, 4) is 5.88 Å². The zero-order chi connectivity index (χ0) is 7.40. The molecule has 1 rings (SSSR count). The highest BCUT2D eigenvalue weighted by atomic mass is 16.3. The van der Waals surface area contributed by atoms with Gasteiger partial charge in [0.2, 0.25) is 5.88 Å². The lowest BCUT2D eigenvalue weighted by atomic mass is 10.4. The average Bonchev–Trinajstić information content (AvgIpc) is 2.31. The molecule has 1 aromatic rings. The highest BCUT2D eigenvalue weighted by Gasteiger charge is 1.95. The van der Waals surface area contributed by atoms with Crippen LogP contribution in [-0.4, -0.2) is 28.7 Å². The van der Waals surface area contributed by atoms with E-state index in [9.17, 15) is 0 Å². The first-order chi connectivity index (χ1) is 4.83. The normalized spacial score (nSPS) is 10.1. The molecule has 4 heteroatoms. The van der Waals surface area contributed by atoms with Crippen molar-refractivity contribution in [2.24, 2.45) is 0 Å². The van der Waals surface area contributed by atoms with Gasteiger partial charge in [-0.3, -0.25) is 0 Å². The third-order valence-corrected chi connectivity index (χ3v) is 1.23. The number of likely N-dealkylation sites (N-methyl/N-ethyl adjacent to an activating group) is 1. The Hall–Kier alpha value is -1.03. The summed E-state index contributed by atoms with van der Waals surface area (Å²) in [6.07, 6.45) is 2.22. The number of nitrogens with zero attached hydrogens (tertiary/aromatic N) is 1. The number of aromatic amines is 1. The lowest BCUT2D eigenvalue weighted by Gasteiger charge is -1.92. The molecule has 4 nitrogen and oxygen atoms in total. The van der Waals surface area contributed by atoms with Crippen LogP contribution in [0, 0.1) is 0 Å². The molecule has 0 radical (unpaired) electrons. The monoisotopic (exact) mass is 141 g/mol. The largest absolute Gasteiger partial charge is 0.493 e. The molecule has 0 atom stereocenters. The van der Waals surface area contributed by atoms with E-state index in [2.05, 4.69) is 15.3 Å². The molecule has 0 aromatic carbocycles. The summed E-state index contributed by atoms with van der Waals surface area (Å²) >= 11 is 0. The summed E-state index contributed by atoms with van der Waals surface area (Å²) in [4.78, 5) is 6.62. The Bertz CT molecular complexity index is 197. The molecule has 0 spiro atoms. The standard InChI is InChI=1S/C6H11N3O/c1-7-3-2-5-8-4-6(10)9-5/h4,7,10H,2-3H2,1H3,(H,8,9). The van der Waals surface area contributed by atoms with E-state index in [1.54, 1.807) is 0 Å². The average molecular weight is 141 g/mol. The van der Waals surface area contributed by atoms with E-state index >= 15 is 0 Å². The maximum atomic E-state index is 8.81. The Morgan fingerprint density at radius 3 is 3.10 bits per heavy atom. The number of aromatic nitrogens is 2. The fourth-order valence-electron chi connectivity index (χ4n) is 0.722. The van der Waals surface area contributed by atoms with Crippen molar-refractivity contribution in [2.45, 2.75) is 6.42 Å². The van der Waals surface area contributed by atoms with Gasteiger partial charge in [-0.1, -0.05) is 0 Å². The van der Waals surface area contributed by atoms with Gasteiger partial charge in [-0.15, -0.1) is 0 Å². The summed E-state index contributed by atoms with van der Waals surface area (Å²) in [6, 6.07) is 0. The molecule has 0 fully saturated rings. The zero-order valence-corrected chi connectivity index (χ0v) is 5.89. The lowest BCUT2D eigenvalue weighted by molar-refractivity contribution is 0.455. The number of hydrogen-bond acceptors (Lipinski definition) is 3. The Kier molecular flexibility index (Phi) is 2.28. The number of nitrogens with one attached hydrogen (secondary N) is 2. The van der Waals surface area contributed by atoms with Crippen LogP contribution in [0.3, 0.4) is 0 Å². The minimum absolute atomic E-state index is 0.131. The van der Waals surface area contributed by atoms with Gasteiger partial charge >= 0.3 is 0 Å². The molecule has 56 valence electrons. The molecule has 0 saturated heterocycles. The molecule has 0 aliphatic carbocycles.